The zero-order valence-electron chi connectivity index (χ0n) is 17.3. The van der Waals surface area contributed by atoms with Gasteiger partial charge < -0.3 is 15.0 Å². The van der Waals surface area contributed by atoms with E-state index in [-0.39, 0.29) is 18.0 Å². The third kappa shape index (κ3) is 7.63. The quantitative estimate of drug-likeness (QED) is 0.824. The number of likely N-dealkylation sites (tertiary alicyclic amines) is 1. The largest absolute Gasteiger partial charge is 0.444 e. The average Bonchev–Trinajstić information content (AvgIpc) is 2.42. The van der Waals surface area contributed by atoms with E-state index in [1.807, 2.05) is 20.8 Å². The maximum Gasteiger partial charge on any atom is 0.410 e. The number of rotatable bonds is 5. The van der Waals surface area contributed by atoms with Crippen LogP contribution in [-0.4, -0.2) is 66.2 Å². The molecule has 0 aromatic rings. The predicted molar refractivity (Wildman–Crippen MR) is 100 cm³/mol. The number of hydrogen-bond acceptors (Lipinski definition) is 4. The van der Waals surface area contributed by atoms with E-state index in [0.29, 0.717) is 18.4 Å². The number of nitrogens with zero attached hydrogens (tertiary/aromatic N) is 2. The molecule has 1 N–H and O–H groups in total. The first kappa shape index (κ1) is 21.7. The number of hydrogen-bond donors (Lipinski definition) is 1. The third-order valence-electron chi connectivity index (χ3n) is 4.53. The van der Waals surface area contributed by atoms with Gasteiger partial charge in [0.25, 0.3) is 0 Å². The standard InChI is InChI=1S/C19H37N3O3/c1-14-9-15(2)11-22(10-14)19(6,7)13-20-16(23)12-21(8)17(24)25-18(3,4)5/h14-15H,9-13H2,1-8H3,(H,20,23). The molecule has 1 saturated heterocycles. The fraction of sp³-hybridized carbons (Fsp3) is 0.895. The Morgan fingerprint density at radius 1 is 1.12 bits per heavy atom. The Hall–Kier alpha value is -1.30. The molecule has 0 bridgehead atoms. The summed E-state index contributed by atoms with van der Waals surface area (Å²) in [5, 5.41) is 2.97. The van der Waals surface area contributed by atoms with Crippen LogP contribution in [0.3, 0.4) is 0 Å². The summed E-state index contributed by atoms with van der Waals surface area (Å²) in [6, 6.07) is 0. The first-order valence-corrected chi connectivity index (χ1v) is 9.26. The number of piperidine rings is 1. The zero-order chi connectivity index (χ0) is 19.4. The van der Waals surface area contributed by atoms with Gasteiger partial charge in [0.15, 0.2) is 0 Å². The lowest BCUT2D eigenvalue weighted by molar-refractivity contribution is -0.122. The molecular weight excluding hydrogens is 318 g/mol. The molecule has 0 radical (unpaired) electrons. The molecule has 2 atom stereocenters. The predicted octanol–water partition coefficient (Wildman–Crippen LogP) is 2.73. The van der Waals surface area contributed by atoms with Gasteiger partial charge in [-0.1, -0.05) is 13.8 Å². The summed E-state index contributed by atoms with van der Waals surface area (Å²) in [7, 11) is 1.58. The van der Waals surface area contributed by atoms with Crippen molar-refractivity contribution in [3.8, 4) is 0 Å². The second-order valence-corrected chi connectivity index (χ2v) is 9.28. The molecule has 2 unspecified atom stereocenters. The Bertz CT molecular complexity index is 461. The molecule has 146 valence electrons. The smallest absolute Gasteiger partial charge is 0.410 e. The van der Waals surface area contributed by atoms with Crippen LogP contribution in [0.15, 0.2) is 0 Å². The molecule has 0 aromatic carbocycles. The summed E-state index contributed by atoms with van der Waals surface area (Å²) in [6.07, 6.45) is 0.778. The molecular formula is C19H37N3O3. The second-order valence-electron chi connectivity index (χ2n) is 9.28. The highest BCUT2D eigenvalue weighted by Gasteiger charge is 2.33. The monoisotopic (exact) mass is 355 g/mol. The number of ether oxygens (including phenoxy) is 1. The minimum atomic E-state index is -0.564. The third-order valence-corrected chi connectivity index (χ3v) is 4.53. The number of amides is 2. The van der Waals surface area contributed by atoms with Gasteiger partial charge in [-0.25, -0.2) is 4.79 Å². The van der Waals surface area contributed by atoms with Gasteiger partial charge in [0.1, 0.15) is 12.1 Å². The lowest BCUT2D eigenvalue weighted by Gasteiger charge is -2.45. The molecule has 0 spiro atoms. The van der Waals surface area contributed by atoms with Crippen LogP contribution in [0.4, 0.5) is 4.79 Å². The average molecular weight is 356 g/mol. The van der Waals surface area contributed by atoms with Crippen LogP contribution in [0.5, 0.6) is 0 Å². The summed E-state index contributed by atoms with van der Waals surface area (Å²) in [6.45, 7) is 17.0. The van der Waals surface area contributed by atoms with Crippen molar-refractivity contribution in [3.05, 3.63) is 0 Å². The molecule has 1 aliphatic heterocycles. The van der Waals surface area contributed by atoms with E-state index >= 15 is 0 Å². The number of likely N-dealkylation sites (N-methyl/N-ethyl adjacent to an activating group) is 1. The van der Waals surface area contributed by atoms with Gasteiger partial charge in [0.05, 0.1) is 0 Å². The molecule has 1 rings (SSSR count). The van der Waals surface area contributed by atoms with Crippen LogP contribution >= 0.6 is 0 Å². The minimum Gasteiger partial charge on any atom is -0.444 e. The van der Waals surface area contributed by atoms with Crippen LogP contribution in [0, 0.1) is 11.8 Å². The Morgan fingerprint density at radius 3 is 2.12 bits per heavy atom. The van der Waals surface area contributed by atoms with E-state index in [1.54, 1.807) is 7.05 Å². The van der Waals surface area contributed by atoms with E-state index in [1.165, 1.54) is 11.3 Å². The first-order chi connectivity index (χ1) is 11.3. The summed E-state index contributed by atoms with van der Waals surface area (Å²) in [5.74, 6) is 1.19. The van der Waals surface area contributed by atoms with Gasteiger partial charge in [0.2, 0.25) is 5.91 Å². The van der Waals surface area contributed by atoms with Gasteiger partial charge in [-0.05, 0) is 52.9 Å². The maximum absolute atomic E-state index is 12.2. The normalized spacial score (nSPS) is 22.4. The molecule has 2 amide bonds. The fourth-order valence-corrected chi connectivity index (χ4v) is 3.26. The Kier molecular flexibility index (Phi) is 7.29. The van der Waals surface area contributed by atoms with Crippen LogP contribution in [-0.2, 0) is 9.53 Å². The van der Waals surface area contributed by atoms with Crippen molar-refractivity contribution in [2.45, 2.75) is 66.0 Å². The van der Waals surface area contributed by atoms with Crippen molar-refractivity contribution in [2.24, 2.45) is 11.8 Å². The van der Waals surface area contributed by atoms with Crippen LogP contribution in [0.25, 0.3) is 0 Å². The highest BCUT2D eigenvalue weighted by molar-refractivity contribution is 5.82. The fourth-order valence-electron chi connectivity index (χ4n) is 3.26. The Balaban J connectivity index is 2.47. The molecule has 1 fully saturated rings. The van der Waals surface area contributed by atoms with E-state index in [0.717, 1.165) is 13.1 Å². The molecule has 0 saturated carbocycles. The minimum absolute atomic E-state index is 0.00218. The van der Waals surface area contributed by atoms with Crippen molar-refractivity contribution < 1.29 is 14.3 Å². The number of carbonyl (C=O) groups is 2. The van der Waals surface area contributed by atoms with E-state index in [4.69, 9.17) is 4.74 Å². The lowest BCUT2D eigenvalue weighted by atomic mass is 9.88. The van der Waals surface area contributed by atoms with E-state index in [9.17, 15) is 9.59 Å². The summed E-state index contributed by atoms with van der Waals surface area (Å²) < 4.78 is 5.26. The lowest BCUT2D eigenvalue weighted by Crippen LogP contribution is -2.56. The van der Waals surface area contributed by atoms with Crippen molar-refractivity contribution >= 4 is 12.0 Å². The molecule has 0 aromatic heterocycles. The van der Waals surface area contributed by atoms with Gasteiger partial charge in [0, 0.05) is 32.2 Å². The topological polar surface area (TPSA) is 61.9 Å². The highest BCUT2D eigenvalue weighted by atomic mass is 16.6. The zero-order valence-corrected chi connectivity index (χ0v) is 17.3. The van der Waals surface area contributed by atoms with Crippen molar-refractivity contribution in [1.29, 1.82) is 0 Å². The molecule has 6 heteroatoms. The van der Waals surface area contributed by atoms with Crippen LogP contribution in [0.1, 0.15) is 54.9 Å². The van der Waals surface area contributed by atoms with Gasteiger partial charge >= 0.3 is 6.09 Å². The Morgan fingerprint density at radius 2 is 1.64 bits per heavy atom. The summed E-state index contributed by atoms with van der Waals surface area (Å²) >= 11 is 0. The molecule has 0 aliphatic carbocycles. The van der Waals surface area contributed by atoms with Gasteiger partial charge in [-0.15, -0.1) is 0 Å². The molecule has 1 heterocycles. The summed E-state index contributed by atoms with van der Waals surface area (Å²) in [5.41, 5.74) is -0.672. The second kappa shape index (κ2) is 8.39. The van der Waals surface area contributed by atoms with E-state index < -0.39 is 11.7 Å². The van der Waals surface area contributed by atoms with Crippen molar-refractivity contribution in [2.75, 3.05) is 33.2 Å². The van der Waals surface area contributed by atoms with Crippen molar-refractivity contribution in [1.82, 2.24) is 15.1 Å². The maximum atomic E-state index is 12.2. The highest BCUT2D eigenvalue weighted by Crippen LogP contribution is 2.26. The van der Waals surface area contributed by atoms with Crippen LogP contribution in [0.2, 0.25) is 0 Å². The first-order valence-electron chi connectivity index (χ1n) is 9.26. The molecule has 6 nitrogen and oxygen atoms in total. The summed E-state index contributed by atoms with van der Waals surface area (Å²) in [4.78, 5) is 27.9. The SMILES string of the molecule is CC1CC(C)CN(C(C)(C)CNC(=O)CN(C)C(=O)OC(C)(C)C)C1. The Labute approximate surface area is 153 Å². The van der Waals surface area contributed by atoms with Gasteiger partial charge in [-0.3, -0.25) is 9.69 Å². The van der Waals surface area contributed by atoms with E-state index in [2.05, 4.69) is 37.9 Å². The molecule has 25 heavy (non-hydrogen) atoms. The molecule has 1 aliphatic rings. The van der Waals surface area contributed by atoms with Gasteiger partial charge in [-0.2, -0.15) is 0 Å². The number of carbonyl (C=O) groups excluding carboxylic acids is 2. The number of nitrogens with one attached hydrogen (secondary N) is 1. The van der Waals surface area contributed by atoms with Crippen molar-refractivity contribution in [3.63, 3.8) is 0 Å². The van der Waals surface area contributed by atoms with Crippen LogP contribution < -0.4 is 5.32 Å².